The number of aromatic nitrogens is 2. The van der Waals surface area contributed by atoms with E-state index in [4.69, 9.17) is 4.74 Å². The quantitative estimate of drug-likeness (QED) is 0.743. The van der Waals surface area contributed by atoms with Crippen LogP contribution in [0.1, 0.15) is 15.4 Å². The summed E-state index contributed by atoms with van der Waals surface area (Å²) in [6, 6.07) is 3.64. The number of methoxy groups -OCH3 is 1. The summed E-state index contributed by atoms with van der Waals surface area (Å²) in [5, 5.41) is 5.86. The second-order valence-corrected chi connectivity index (χ2v) is 3.94. The Morgan fingerprint density at radius 3 is 3.00 bits per heavy atom. The number of aryl methyl sites for hydroxylation is 1. The molecule has 0 N–H and O–H groups in total. The Morgan fingerprint density at radius 2 is 2.40 bits per heavy atom. The molecule has 15 heavy (non-hydrogen) atoms. The number of carbonyl (C=O) groups is 1. The van der Waals surface area contributed by atoms with Gasteiger partial charge >= 0.3 is 0 Å². The molecule has 0 radical (unpaired) electrons. The van der Waals surface area contributed by atoms with Gasteiger partial charge in [-0.15, -0.1) is 11.3 Å². The van der Waals surface area contributed by atoms with Gasteiger partial charge in [-0.05, 0) is 11.4 Å². The molecule has 0 fully saturated rings. The molecule has 0 atom stereocenters. The number of thiophene rings is 1. The third-order valence-corrected chi connectivity index (χ3v) is 2.95. The van der Waals surface area contributed by atoms with Crippen LogP contribution in [-0.4, -0.2) is 22.7 Å². The van der Waals surface area contributed by atoms with Crippen LogP contribution in [0.5, 0.6) is 5.75 Å². The van der Waals surface area contributed by atoms with E-state index in [1.807, 2.05) is 11.4 Å². The maximum atomic E-state index is 12.0. The largest absolute Gasteiger partial charge is 0.493 e. The number of ketones is 1. The van der Waals surface area contributed by atoms with Gasteiger partial charge in [0.2, 0.25) is 5.78 Å². The number of rotatable bonds is 3. The first-order valence-corrected chi connectivity index (χ1v) is 5.26. The molecule has 0 aliphatic rings. The van der Waals surface area contributed by atoms with E-state index >= 15 is 0 Å². The number of ether oxygens (including phenoxy) is 1. The topological polar surface area (TPSA) is 44.1 Å². The Labute approximate surface area is 91.1 Å². The average Bonchev–Trinajstić information content (AvgIpc) is 2.85. The highest BCUT2D eigenvalue weighted by Crippen LogP contribution is 2.22. The number of hydrogen-bond acceptors (Lipinski definition) is 4. The molecule has 2 heterocycles. The van der Waals surface area contributed by atoms with E-state index in [1.54, 1.807) is 19.3 Å². The number of nitrogens with zero attached hydrogens (tertiary/aromatic N) is 2. The van der Waals surface area contributed by atoms with Gasteiger partial charge in [0.1, 0.15) is 0 Å². The third kappa shape index (κ3) is 1.66. The van der Waals surface area contributed by atoms with Gasteiger partial charge in [0.25, 0.3) is 0 Å². The van der Waals surface area contributed by atoms with Crippen molar-refractivity contribution >= 4 is 17.1 Å². The summed E-state index contributed by atoms with van der Waals surface area (Å²) in [6.45, 7) is 0. The normalized spacial score (nSPS) is 10.3. The maximum absolute atomic E-state index is 12.0. The van der Waals surface area contributed by atoms with Crippen molar-refractivity contribution < 1.29 is 9.53 Å². The molecule has 0 saturated carbocycles. The summed E-state index contributed by atoms with van der Waals surface area (Å²) in [7, 11) is 3.26. The second kappa shape index (κ2) is 3.86. The fourth-order valence-corrected chi connectivity index (χ4v) is 2.01. The van der Waals surface area contributed by atoms with Crippen LogP contribution < -0.4 is 4.74 Å². The van der Waals surface area contributed by atoms with Crippen LogP contribution in [0.3, 0.4) is 0 Å². The molecular weight excluding hydrogens is 212 g/mol. The summed E-state index contributed by atoms with van der Waals surface area (Å²) in [5.74, 6) is 0.456. The predicted molar refractivity (Wildman–Crippen MR) is 57.5 cm³/mol. The SMILES string of the molecule is COc1cnn(C)c1C(=O)c1cccs1. The average molecular weight is 222 g/mol. The van der Waals surface area contributed by atoms with Crippen molar-refractivity contribution in [3.8, 4) is 5.75 Å². The Bertz CT molecular complexity index is 474. The minimum absolute atomic E-state index is 0.0538. The van der Waals surface area contributed by atoms with E-state index in [0.717, 1.165) is 0 Å². The lowest BCUT2D eigenvalue weighted by molar-refractivity contribution is 0.103. The van der Waals surface area contributed by atoms with E-state index in [1.165, 1.54) is 23.1 Å². The van der Waals surface area contributed by atoms with Crippen molar-refractivity contribution in [2.45, 2.75) is 0 Å². The van der Waals surface area contributed by atoms with Gasteiger partial charge in [0.15, 0.2) is 11.4 Å². The second-order valence-electron chi connectivity index (χ2n) is 2.99. The Hall–Kier alpha value is -1.62. The van der Waals surface area contributed by atoms with Gasteiger partial charge in [-0.2, -0.15) is 5.10 Å². The van der Waals surface area contributed by atoms with Gasteiger partial charge in [0.05, 0.1) is 18.2 Å². The van der Waals surface area contributed by atoms with E-state index in [-0.39, 0.29) is 5.78 Å². The van der Waals surface area contributed by atoms with Crippen molar-refractivity contribution in [3.05, 3.63) is 34.3 Å². The molecular formula is C10H10N2O2S. The van der Waals surface area contributed by atoms with Crippen LogP contribution in [0, 0.1) is 0 Å². The smallest absolute Gasteiger partial charge is 0.224 e. The molecule has 0 saturated heterocycles. The van der Waals surface area contributed by atoms with Crippen molar-refractivity contribution in [2.75, 3.05) is 7.11 Å². The van der Waals surface area contributed by atoms with Crippen molar-refractivity contribution in [1.29, 1.82) is 0 Å². The summed E-state index contributed by atoms with van der Waals surface area (Å²) in [5.41, 5.74) is 0.486. The molecule has 5 heteroatoms. The van der Waals surface area contributed by atoms with E-state index in [9.17, 15) is 4.79 Å². The lowest BCUT2D eigenvalue weighted by atomic mass is 10.2. The van der Waals surface area contributed by atoms with Crippen LogP contribution in [-0.2, 0) is 7.05 Å². The predicted octanol–water partition coefficient (Wildman–Crippen LogP) is 1.72. The zero-order chi connectivity index (χ0) is 10.8. The Balaban J connectivity index is 2.45. The molecule has 78 valence electrons. The first kappa shape index (κ1) is 9.92. The minimum Gasteiger partial charge on any atom is -0.493 e. The summed E-state index contributed by atoms with van der Waals surface area (Å²) in [4.78, 5) is 12.7. The van der Waals surface area contributed by atoms with E-state index in [0.29, 0.717) is 16.3 Å². The van der Waals surface area contributed by atoms with Gasteiger partial charge in [-0.25, -0.2) is 0 Å². The lowest BCUT2D eigenvalue weighted by Crippen LogP contribution is -2.08. The third-order valence-electron chi connectivity index (χ3n) is 2.09. The van der Waals surface area contributed by atoms with Crippen LogP contribution in [0.2, 0.25) is 0 Å². The summed E-state index contributed by atoms with van der Waals surface area (Å²) >= 11 is 1.41. The molecule has 2 rings (SSSR count). The van der Waals surface area contributed by atoms with Gasteiger partial charge in [-0.3, -0.25) is 9.48 Å². The standard InChI is InChI=1S/C10H10N2O2S/c1-12-9(7(14-2)6-11-12)10(13)8-4-3-5-15-8/h3-6H,1-2H3. The molecule has 0 unspecified atom stereocenters. The monoisotopic (exact) mass is 222 g/mol. The zero-order valence-corrected chi connectivity index (χ0v) is 9.25. The molecule has 0 amide bonds. The van der Waals surface area contributed by atoms with E-state index < -0.39 is 0 Å². The Morgan fingerprint density at radius 1 is 1.60 bits per heavy atom. The van der Waals surface area contributed by atoms with Gasteiger partial charge in [0, 0.05) is 7.05 Å². The van der Waals surface area contributed by atoms with Gasteiger partial charge < -0.3 is 4.74 Å². The minimum atomic E-state index is -0.0538. The molecule has 2 aromatic rings. The Kier molecular flexibility index (Phi) is 2.55. The first-order valence-electron chi connectivity index (χ1n) is 4.38. The summed E-state index contributed by atoms with van der Waals surface area (Å²) in [6.07, 6.45) is 1.54. The highest BCUT2D eigenvalue weighted by molar-refractivity contribution is 7.12. The number of carbonyl (C=O) groups excluding carboxylic acids is 1. The van der Waals surface area contributed by atoms with Crippen LogP contribution in [0.25, 0.3) is 0 Å². The lowest BCUT2D eigenvalue weighted by Gasteiger charge is -2.02. The van der Waals surface area contributed by atoms with Crippen molar-refractivity contribution in [1.82, 2.24) is 9.78 Å². The molecule has 0 bridgehead atoms. The molecule has 4 nitrogen and oxygen atoms in total. The van der Waals surface area contributed by atoms with Crippen LogP contribution in [0.15, 0.2) is 23.7 Å². The van der Waals surface area contributed by atoms with Crippen LogP contribution >= 0.6 is 11.3 Å². The number of hydrogen-bond donors (Lipinski definition) is 0. The van der Waals surface area contributed by atoms with Crippen molar-refractivity contribution in [2.24, 2.45) is 7.05 Å². The highest BCUT2D eigenvalue weighted by atomic mass is 32.1. The molecule has 0 aliphatic carbocycles. The van der Waals surface area contributed by atoms with Crippen LogP contribution in [0.4, 0.5) is 0 Å². The molecule has 0 aliphatic heterocycles. The fraction of sp³-hybridized carbons (Fsp3) is 0.200. The zero-order valence-electron chi connectivity index (χ0n) is 8.43. The molecule has 0 aromatic carbocycles. The molecule has 2 aromatic heterocycles. The highest BCUT2D eigenvalue weighted by Gasteiger charge is 2.19. The summed E-state index contributed by atoms with van der Waals surface area (Å²) < 4.78 is 6.61. The molecule has 0 spiro atoms. The fourth-order valence-electron chi connectivity index (χ4n) is 1.35. The maximum Gasteiger partial charge on any atom is 0.224 e. The first-order chi connectivity index (χ1) is 7.24. The van der Waals surface area contributed by atoms with Crippen molar-refractivity contribution in [3.63, 3.8) is 0 Å². The van der Waals surface area contributed by atoms with Gasteiger partial charge in [-0.1, -0.05) is 6.07 Å². The van der Waals surface area contributed by atoms with E-state index in [2.05, 4.69) is 5.10 Å².